The smallest absolute Gasteiger partial charge is 0.263 e. The van der Waals surface area contributed by atoms with E-state index in [1.807, 2.05) is 13.8 Å². The van der Waals surface area contributed by atoms with E-state index in [0.717, 1.165) is 25.7 Å². The molecule has 1 fully saturated rings. The molecule has 2 N–H and O–H groups in total. The summed E-state index contributed by atoms with van der Waals surface area (Å²) in [5, 5.41) is 3.12. The standard InChI is InChI=1S/C19H27N3O3S/c1-12(2)17(19(23)20-14-10-8-13(3)9-11-14)21-18-15-6-4-5-7-16(15)26(24,25)22-18/h4-7,12-14,17H,8-11H2,1-3H3,(H,20,23)(H,21,22). The van der Waals surface area contributed by atoms with Crippen molar-refractivity contribution in [2.24, 2.45) is 16.8 Å². The molecular formula is C19H27N3O3S. The van der Waals surface area contributed by atoms with E-state index >= 15 is 0 Å². The highest BCUT2D eigenvalue weighted by Crippen LogP contribution is 2.25. The molecule has 0 aromatic heterocycles. The molecule has 1 aromatic carbocycles. The van der Waals surface area contributed by atoms with Gasteiger partial charge in [0.15, 0.2) is 0 Å². The van der Waals surface area contributed by atoms with Gasteiger partial charge >= 0.3 is 0 Å². The molecule has 0 saturated heterocycles. The maximum atomic E-state index is 12.8. The Morgan fingerprint density at radius 1 is 1.19 bits per heavy atom. The first-order chi connectivity index (χ1) is 12.3. The van der Waals surface area contributed by atoms with Crippen LogP contribution in [0.2, 0.25) is 0 Å². The van der Waals surface area contributed by atoms with Gasteiger partial charge in [-0.1, -0.05) is 32.9 Å². The molecule has 0 radical (unpaired) electrons. The van der Waals surface area contributed by atoms with Crippen LogP contribution < -0.4 is 10.0 Å². The summed E-state index contributed by atoms with van der Waals surface area (Å²) < 4.78 is 27.0. The van der Waals surface area contributed by atoms with Gasteiger partial charge in [0.05, 0.1) is 4.90 Å². The third-order valence-electron chi connectivity index (χ3n) is 5.19. The summed E-state index contributed by atoms with van der Waals surface area (Å²) in [7, 11) is -3.60. The van der Waals surface area contributed by atoms with Crippen LogP contribution in [0.25, 0.3) is 0 Å². The first kappa shape index (κ1) is 18.9. The van der Waals surface area contributed by atoms with Crippen LogP contribution in [0.3, 0.4) is 0 Å². The van der Waals surface area contributed by atoms with Gasteiger partial charge in [-0.3, -0.25) is 14.5 Å². The summed E-state index contributed by atoms with van der Waals surface area (Å²) >= 11 is 0. The maximum absolute atomic E-state index is 12.8. The third kappa shape index (κ3) is 3.92. The van der Waals surface area contributed by atoms with Crippen LogP contribution in [0.15, 0.2) is 34.2 Å². The molecule has 1 heterocycles. The first-order valence-electron chi connectivity index (χ1n) is 9.28. The summed E-state index contributed by atoms with van der Waals surface area (Å²) in [6.07, 6.45) is 4.23. The molecule has 1 saturated carbocycles. The van der Waals surface area contributed by atoms with Crippen LogP contribution in [0.5, 0.6) is 0 Å². The molecule has 142 valence electrons. The van der Waals surface area contributed by atoms with Crippen molar-refractivity contribution < 1.29 is 13.2 Å². The normalized spacial score (nSPS) is 27.0. The first-order valence-corrected chi connectivity index (χ1v) is 10.8. The van der Waals surface area contributed by atoms with Gasteiger partial charge < -0.3 is 5.32 Å². The van der Waals surface area contributed by atoms with E-state index < -0.39 is 16.1 Å². The van der Waals surface area contributed by atoms with Gasteiger partial charge in [-0.15, -0.1) is 0 Å². The fraction of sp³-hybridized carbons (Fsp3) is 0.579. The SMILES string of the molecule is CC1CCC(NC(=O)C(N=C2NS(=O)(=O)c3ccccc32)C(C)C)CC1. The molecule has 0 spiro atoms. The fourth-order valence-electron chi connectivity index (χ4n) is 3.57. The maximum Gasteiger partial charge on any atom is 0.263 e. The van der Waals surface area contributed by atoms with Crippen LogP contribution in [-0.2, 0) is 14.8 Å². The second-order valence-corrected chi connectivity index (χ2v) is 9.38. The molecule has 6 nitrogen and oxygen atoms in total. The zero-order valence-electron chi connectivity index (χ0n) is 15.5. The average Bonchev–Trinajstić information content (AvgIpc) is 2.85. The van der Waals surface area contributed by atoms with Crippen LogP contribution in [0.1, 0.15) is 52.0 Å². The van der Waals surface area contributed by atoms with E-state index in [1.54, 1.807) is 24.3 Å². The molecule has 2 aliphatic rings. The Morgan fingerprint density at radius 3 is 2.50 bits per heavy atom. The molecule has 1 aliphatic carbocycles. The molecule has 1 aromatic rings. The Balaban J connectivity index is 1.81. The number of nitrogens with one attached hydrogen (secondary N) is 2. The lowest BCUT2D eigenvalue weighted by Gasteiger charge is -2.28. The van der Waals surface area contributed by atoms with E-state index in [-0.39, 0.29) is 28.6 Å². The van der Waals surface area contributed by atoms with E-state index in [2.05, 4.69) is 22.0 Å². The monoisotopic (exact) mass is 377 g/mol. The largest absolute Gasteiger partial charge is 0.352 e. The highest BCUT2D eigenvalue weighted by molar-refractivity contribution is 7.90. The Hall–Kier alpha value is -1.89. The summed E-state index contributed by atoms with van der Waals surface area (Å²) in [6.45, 7) is 6.09. The predicted molar refractivity (Wildman–Crippen MR) is 101 cm³/mol. The topological polar surface area (TPSA) is 87.6 Å². The lowest BCUT2D eigenvalue weighted by atomic mass is 9.87. The summed E-state index contributed by atoms with van der Waals surface area (Å²) in [6, 6.07) is 6.27. The van der Waals surface area contributed by atoms with Crippen molar-refractivity contribution in [2.75, 3.05) is 0 Å². The van der Waals surface area contributed by atoms with Crippen molar-refractivity contribution in [1.82, 2.24) is 10.0 Å². The number of carbonyl (C=O) groups is 1. The van der Waals surface area contributed by atoms with Gasteiger partial charge in [-0.05, 0) is 49.7 Å². The van der Waals surface area contributed by atoms with Crippen molar-refractivity contribution in [3.05, 3.63) is 29.8 Å². The predicted octanol–water partition coefficient (Wildman–Crippen LogP) is 2.44. The zero-order valence-corrected chi connectivity index (χ0v) is 16.3. The number of amides is 1. The molecule has 0 bridgehead atoms. The number of sulfonamides is 1. The molecule has 3 rings (SSSR count). The van der Waals surface area contributed by atoms with Crippen molar-refractivity contribution >= 4 is 21.8 Å². The van der Waals surface area contributed by atoms with E-state index in [9.17, 15) is 13.2 Å². The van der Waals surface area contributed by atoms with Gasteiger partial charge in [0.1, 0.15) is 11.9 Å². The van der Waals surface area contributed by atoms with Gasteiger partial charge in [0.2, 0.25) is 5.91 Å². The summed E-state index contributed by atoms with van der Waals surface area (Å²) in [5.74, 6) is 0.804. The minimum absolute atomic E-state index is 0.0396. The van der Waals surface area contributed by atoms with Crippen LogP contribution in [0, 0.1) is 11.8 Å². The lowest BCUT2D eigenvalue weighted by molar-refractivity contribution is -0.124. The quantitative estimate of drug-likeness (QED) is 0.845. The summed E-state index contributed by atoms with van der Waals surface area (Å²) in [4.78, 5) is 17.5. The number of aliphatic imine (C=N–C) groups is 1. The van der Waals surface area contributed by atoms with Crippen molar-refractivity contribution in [3.63, 3.8) is 0 Å². The molecule has 1 unspecified atom stereocenters. The number of carbonyl (C=O) groups excluding carboxylic acids is 1. The molecule has 1 amide bonds. The second kappa shape index (κ2) is 7.39. The van der Waals surface area contributed by atoms with Gasteiger partial charge in [-0.25, -0.2) is 8.42 Å². The Morgan fingerprint density at radius 2 is 1.85 bits per heavy atom. The fourth-order valence-corrected chi connectivity index (χ4v) is 4.81. The van der Waals surface area contributed by atoms with Gasteiger partial charge in [-0.2, -0.15) is 0 Å². The third-order valence-corrected chi connectivity index (χ3v) is 6.59. The number of amidine groups is 1. The van der Waals surface area contributed by atoms with Crippen LogP contribution in [-0.4, -0.2) is 32.2 Å². The Labute approximate surface area is 155 Å². The molecule has 7 heteroatoms. The van der Waals surface area contributed by atoms with E-state index in [0.29, 0.717) is 11.5 Å². The molecular weight excluding hydrogens is 350 g/mol. The average molecular weight is 378 g/mol. The van der Waals surface area contributed by atoms with E-state index in [4.69, 9.17) is 0 Å². The number of nitrogens with zero attached hydrogens (tertiary/aromatic N) is 1. The zero-order chi connectivity index (χ0) is 18.9. The van der Waals surface area contributed by atoms with Crippen molar-refractivity contribution in [1.29, 1.82) is 0 Å². The highest BCUT2D eigenvalue weighted by Gasteiger charge is 2.33. The minimum Gasteiger partial charge on any atom is -0.352 e. The van der Waals surface area contributed by atoms with Gasteiger partial charge in [0.25, 0.3) is 10.0 Å². The van der Waals surface area contributed by atoms with E-state index in [1.165, 1.54) is 0 Å². The molecule has 1 aliphatic heterocycles. The number of hydrogen-bond donors (Lipinski definition) is 2. The van der Waals surface area contributed by atoms with Crippen LogP contribution in [0.4, 0.5) is 0 Å². The number of benzene rings is 1. The Bertz CT molecular complexity index is 809. The minimum atomic E-state index is -3.60. The van der Waals surface area contributed by atoms with Crippen LogP contribution >= 0.6 is 0 Å². The highest BCUT2D eigenvalue weighted by atomic mass is 32.2. The number of fused-ring (bicyclic) bond motifs is 1. The van der Waals surface area contributed by atoms with Crippen molar-refractivity contribution in [2.45, 2.75) is 63.4 Å². The Kier molecular flexibility index (Phi) is 5.37. The number of rotatable bonds is 4. The second-order valence-electron chi connectivity index (χ2n) is 7.73. The number of hydrogen-bond acceptors (Lipinski definition) is 4. The van der Waals surface area contributed by atoms with Gasteiger partial charge in [0, 0.05) is 11.6 Å². The van der Waals surface area contributed by atoms with Crippen molar-refractivity contribution in [3.8, 4) is 0 Å². The lowest BCUT2D eigenvalue weighted by Crippen LogP contribution is -2.44. The molecule has 1 atom stereocenters. The summed E-state index contributed by atoms with van der Waals surface area (Å²) in [5.41, 5.74) is 0.525. The molecule has 26 heavy (non-hydrogen) atoms.